The average molecular weight is 419 g/mol. The summed E-state index contributed by atoms with van der Waals surface area (Å²) in [5, 5.41) is 13.0. The van der Waals surface area contributed by atoms with Crippen LogP contribution in [0.2, 0.25) is 0 Å². The number of rotatable bonds is 3. The lowest BCUT2D eigenvalue weighted by atomic mass is 9.93. The largest absolute Gasteiger partial charge is 0.360 e. The first-order valence-corrected chi connectivity index (χ1v) is 10.7. The van der Waals surface area contributed by atoms with Crippen molar-refractivity contribution in [2.24, 2.45) is 0 Å². The van der Waals surface area contributed by atoms with Gasteiger partial charge in [-0.05, 0) is 45.4 Å². The second kappa shape index (κ2) is 6.91. The molecule has 30 heavy (non-hydrogen) atoms. The summed E-state index contributed by atoms with van der Waals surface area (Å²) in [6.45, 7) is 6.31. The Bertz CT molecular complexity index is 1260. The van der Waals surface area contributed by atoms with Gasteiger partial charge in [-0.2, -0.15) is 5.10 Å². The Morgan fingerprint density at radius 1 is 1.23 bits per heavy atom. The maximum atomic E-state index is 13.1. The fourth-order valence-corrected chi connectivity index (χ4v) is 4.74. The molecule has 8 heteroatoms. The minimum Gasteiger partial charge on any atom is -0.360 e. The Morgan fingerprint density at radius 2 is 2.07 bits per heavy atom. The fourth-order valence-electron chi connectivity index (χ4n) is 3.92. The molecule has 0 radical (unpaired) electrons. The number of nitrogens with zero attached hydrogens (tertiary/aromatic N) is 4. The lowest BCUT2D eigenvalue weighted by Crippen LogP contribution is -2.38. The summed E-state index contributed by atoms with van der Waals surface area (Å²) in [7, 11) is 0. The van der Waals surface area contributed by atoms with Crippen molar-refractivity contribution in [3.63, 3.8) is 0 Å². The van der Waals surface area contributed by atoms with Gasteiger partial charge in [0.15, 0.2) is 0 Å². The number of carbonyl (C=O) groups is 1. The van der Waals surface area contributed by atoms with Crippen LogP contribution in [0.4, 0.5) is 11.6 Å². The molecule has 1 atom stereocenters. The van der Waals surface area contributed by atoms with Gasteiger partial charge in [0.1, 0.15) is 22.2 Å². The van der Waals surface area contributed by atoms with Gasteiger partial charge in [0.05, 0.1) is 23.3 Å². The van der Waals surface area contributed by atoms with E-state index >= 15 is 0 Å². The molecule has 3 aromatic heterocycles. The van der Waals surface area contributed by atoms with E-state index in [4.69, 9.17) is 0 Å². The Labute approximate surface area is 178 Å². The summed E-state index contributed by atoms with van der Waals surface area (Å²) in [6.07, 6.45) is 4.34. The summed E-state index contributed by atoms with van der Waals surface area (Å²) in [6, 6.07) is 11.6. The Balaban J connectivity index is 1.46. The van der Waals surface area contributed by atoms with E-state index in [2.05, 4.69) is 46.5 Å². The molecular formula is C22H22N6OS. The van der Waals surface area contributed by atoms with E-state index in [-0.39, 0.29) is 17.5 Å². The summed E-state index contributed by atoms with van der Waals surface area (Å²) < 4.78 is 1.90. The molecule has 1 aliphatic rings. The molecule has 5 rings (SSSR count). The number of aromatic nitrogens is 4. The highest BCUT2D eigenvalue weighted by Crippen LogP contribution is 2.40. The topological polar surface area (TPSA) is 84.7 Å². The molecule has 0 spiro atoms. The molecule has 1 aliphatic heterocycles. The van der Waals surface area contributed by atoms with E-state index in [1.807, 2.05) is 47.3 Å². The molecule has 7 nitrogen and oxygen atoms in total. The number of nitrogens with one attached hydrogen (secondary N) is 2. The molecule has 152 valence electrons. The van der Waals surface area contributed by atoms with E-state index in [1.54, 1.807) is 17.5 Å². The highest BCUT2D eigenvalue weighted by molar-refractivity contribution is 7.11. The molecule has 0 bridgehead atoms. The SMILES string of the molecule is Cc1cnc(C2CC(C)(C)n3ncc(C(=O)Nc4ccc5ccccc5n4)c3N2)s1. The average Bonchev–Trinajstić information content (AvgIpc) is 3.34. The van der Waals surface area contributed by atoms with Crippen molar-refractivity contribution in [2.75, 3.05) is 10.6 Å². The quantitative estimate of drug-likeness (QED) is 0.502. The smallest absolute Gasteiger partial charge is 0.262 e. The van der Waals surface area contributed by atoms with Gasteiger partial charge < -0.3 is 10.6 Å². The first-order chi connectivity index (χ1) is 14.4. The third-order valence-electron chi connectivity index (χ3n) is 5.38. The van der Waals surface area contributed by atoms with Gasteiger partial charge in [-0.1, -0.05) is 18.2 Å². The molecule has 0 saturated carbocycles. The minimum absolute atomic E-state index is 0.0354. The van der Waals surface area contributed by atoms with E-state index in [0.29, 0.717) is 17.2 Å². The number of carbonyl (C=O) groups excluding carboxylic acids is 1. The second-order valence-corrected chi connectivity index (χ2v) is 9.45. The number of thiazole rings is 1. The summed E-state index contributed by atoms with van der Waals surface area (Å²) in [5.41, 5.74) is 1.09. The van der Waals surface area contributed by atoms with Crippen LogP contribution in [0.1, 0.15) is 46.6 Å². The number of fused-ring (bicyclic) bond motifs is 2. The molecule has 4 aromatic rings. The second-order valence-electron chi connectivity index (χ2n) is 8.18. The van der Waals surface area contributed by atoms with Gasteiger partial charge in [-0.15, -0.1) is 11.3 Å². The van der Waals surface area contributed by atoms with Crippen LogP contribution >= 0.6 is 11.3 Å². The van der Waals surface area contributed by atoms with Crippen LogP contribution in [0, 0.1) is 6.92 Å². The van der Waals surface area contributed by atoms with Gasteiger partial charge in [-0.3, -0.25) is 4.79 Å². The lowest BCUT2D eigenvalue weighted by Gasteiger charge is -2.37. The van der Waals surface area contributed by atoms with Crippen LogP contribution < -0.4 is 10.6 Å². The molecule has 1 amide bonds. The predicted octanol–water partition coefficient (Wildman–Crippen LogP) is 4.74. The Hall–Kier alpha value is -3.26. The summed E-state index contributed by atoms with van der Waals surface area (Å²) in [4.78, 5) is 23.3. The predicted molar refractivity (Wildman–Crippen MR) is 119 cm³/mol. The van der Waals surface area contributed by atoms with E-state index in [9.17, 15) is 4.79 Å². The number of aryl methyl sites for hydroxylation is 1. The van der Waals surface area contributed by atoms with Gasteiger partial charge in [-0.25, -0.2) is 14.6 Å². The number of hydrogen-bond donors (Lipinski definition) is 2. The molecule has 0 saturated heterocycles. The van der Waals surface area contributed by atoms with E-state index < -0.39 is 0 Å². The summed E-state index contributed by atoms with van der Waals surface area (Å²) >= 11 is 1.68. The number of benzene rings is 1. The van der Waals surface area contributed by atoms with Gasteiger partial charge in [0.25, 0.3) is 5.91 Å². The monoisotopic (exact) mass is 418 g/mol. The Morgan fingerprint density at radius 3 is 2.87 bits per heavy atom. The van der Waals surface area contributed by atoms with Crippen LogP contribution in [-0.4, -0.2) is 25.7 Å². The first-order valence-electron chi connectivity index (χ1n) is 9.85. The van der Waals surface area contributed by atoms with Gasteiger partial charge >= 0.3 is 0 Å². The van der Waals surface area contributed by atoms with Gasteiger partial charge in [0.2, 0.25) is 0 Å². The van der Waals surface area contributed by atoms with Crippen molar-refractivity contribution < 1.29 is 4.79 Å². The number of pyridine rings is 1. The van der Waals surface area contributed by atoms with Crippen LogP contribution in [-0.2, 0) is 5.54 Å². The standard InChI is InChI=1S/C22H22N6OS/c1-13-11-23-21(30-13)17-10-22(2,3)28-19(26-17)15(12-24-28)20(29)27-18-9-8-14-6-4-5-7-16(14)25-18/h4-9,11-12,17,26H,10H2,1-3H3,(H,25,27,29). The molecule has 1 unspecified atom stereocenters. The van der Waals surface area contributed by atoms with Crippen LogP contribution in [0.5, 0.6) is 0 Å². The molecule has 0 fully saturated rings. The summed E-state index contributed by atoms with van der Waals surface area (Å²) in [5.74, 6) is 0.988. The zero-order valence-electron chi connectivity index (χ0n) is 17.0. The zero-order chi connectivity index (χ0) is 20.9. The van der Waals surface area contributed by atoms with Crippen LogP contribution in [0.15, 0.2) is 48.8 Å². The highest BCUT2D eigenvalue weighted by Gasteiger charge is 2.37. The van der Waals surface area contributed by atoms with Crippen molar-refractivity contribution in [1.82, 2.24) is 19.7 Å². The maximum absolute atomic E-state index is 13.1. The van der Waals surface area contributed by atoms with E-state index in [0.717, 1.165) is 22.3 Å². The van der Waals surface area contributed by atoms with Crippen LogP contribution in [0.3, 0.4) is 0 Å². The van der Waals surface area contributed by atoms with Crippen LogP contribution in [0.25, 0.3) is 10.9 Å². The number of amides is 1. The Kier molecular flexibility index (Phi) is 4.32. The normalized spacial score (nSPS) is 17.4. The lowest BCUT2D eigenvalue weighted by molar-refractivity contribution is 0.102. The highest BCUT2D eigenvalue weighted by atomic mass is 32.1. The fraction of sp³-hybridized carbons (Fsp3) is 0.273. The maximum Gasteiger partial charge on any atom is 0.262 e. The van der Waals surface area contributed by atoms with Crippen molar-refractivity contribution in [1.29, 1.82) is 0 Å². The van der Waals surface area contributed by atoms with Crippen molar-refractivity contribution in [3.05, 3.63) is 64.2 Å². The van der Waals surface area contributed by atoms with Gasteiger partial charge in [0, 0.05) is 16.5 Å². The number of anilines is 2. The molecule has 4 heterocycles. The first kappa shape index (κ1) is 18.7. The van der Waals surface area contributed by atoms with E-state index in [1.165, 1.54) is 4.88 Å². The van der Waals surface area contributed by atoms with Crippen molar-refractivity contribution in [2.45, 2.75) is 38.8 Å². The third kappa shape index (κ3) is 3.23. The third-order valence-corrected chi connectivity index (χ3v) is 6.41. The number of para-hydroxylation sites is 1. The molecule has 0 aliphatic carbocycles. The number of hydrogen-bond acceptors (Lipinski definition) is 6. The molecule has 2 N–H and O–H groups in total. The van der Waals surface area contributed by atoms with Crippen molar-refractivity contribution in [3.8, 4) is 0 Å². The zero-order valence-corrected chi connectivity index (χ0v) is 17.8. The molecular weight excluding hydrogens is 396 g/mol. The minimum atomic E-state index is -0.245. The molecule has 1 aromatic carbocycles. The van der Waals surface area contributed by atoms with Crippen molar-refractivity contribution >= 4 is 39.8 Å².